The van der Waals surface area contributed by atoms with Crippen LogP contribution in [0.1, 0.15) is 10.4 Å². The highest BCUT2D eigenvalue weighted by molar-refractivity contribution is 6.30. The maximum absolute atomic E-state index is 12.4. The molecule has 0 aliphatic carbocycles. The highest BCUT2D eigenvalue weighted by Gasteiger charge is 2.22. The first kappa shape index (κ1) is 16.3. The number of aromatic nitrogens is 2. The standard InChI is InChI=1S/C20H13ClN2O3/c1-25-20(24)15-11-16(12-7-9-14(21)10-8-12)22-19-17(15)18(23-26-19)13-5-3-2-4-6-13/h2-11H,1H3. The Balaban J connectivity index is 1.97. The van der Waals surface area contributed by atoms with E-state index >= 15 is 0 Å². The number of rotatable bonds is 3. The summed E-state index contributed by atoms with van der Waals surface area (Å²) >= 11 is 5.95. The van der Waals surface area contributed by atoms with Gasteiger partial charge in [-0.2, -0.15) is 0 Å². The van der Waals surface area contributed by atoms with Crippen molar-refractivity contribution in [3.63, 3.8) is 0 Å². The van der Waals surface area contributed by atoms with Gasteiger partial charge in [-0.3, -0.25) is 0 Å². The van der Waals surface area contributed by atoms with Gasteiger partial charge in [0.05, 0.1) is 23.8 Å². The first-order valence-corrected chi connectivity index (χ1v) is 8.25. The van der Waals surface area contributed by atoms with E-state index in [1.54, 1.807) is 18.2 Å². The van der Waals surface area contributed by atoms with E-state index < -0.39 is 5.97 Å². The van der Waals surface area contributed by atoms with Crippen molar-refractivity contribution in [1.82, 2.24) is 10.1 Å². The van der Waals surface area contributed by atoms with Crippen LogP contribution in [0.4, 0.5) is 0 Å². The molecule has 6 heteroatoms. The Bertz CT molecular complexity index is 1090. The molecular formula is C20H13ClN2O3. The lowest BCUT2D eigenvalue weighted by Crippen LogP contribution is -2.03. The van der Waals surface area contributed by atoms with Crippen molar-refractivity contribution in [1.29, 1.82) is 0 Å². The summed E-state index contributed by atoms with van der Waals surface area (Å²) in [4.78, 5) is 16.9. The SMILES string of the molecule is COC(=O)c1cc(-c2ccc(Cl)cc2)nc2onc(-c3ccccc3)c12. The van der Waals surface area contributed by atoms with Gasteiger partial charge in [-0.1, -0.05) is 59.2 Å². The van der Waals surface area contributed by atoms with Crippen molar-refractivity contribution in [3.05, 3.63) is 71.2 Å². The van der Waals surface area contributed by atoms with Crippen LogP contribution in [0.2, 0.25) is 5.02 Å². The van der Waals surface area contributed by atoms with Crippen LogP contribution in [-0.2, 0) is 4.74 Å². The van der Waals surface area contributed by atoms with Crippen LogP contribution >= 0.6 is 11.6 Å². The summed E-state index contributed by atoms with van der Waals surface area (Å²) in [7, 11) is 1.34. The molecule has 0 fully saturated rings. The molecule has 0 saturated carbocycles. The van der Waals surface area contributed by atoms with Crippen molar-refractivity contribution < 1.29 is 14.1 Å². The summed E-state index contributed by atoms with van der Waals surface area (Å²) in [5, 5.41) is 5.27. The Kier molecular flexibility index (Phi) is 4.14. The fourth-order valence-electron chi connectivity index (χ4n) is 2.78. The van der Waals surface area contributed by atoms with Crippen LogP contribution in [0, 0.1) is 0 Å². The molecule has 2 heterocycles. The molecule has 0 bridgehead atoms. The van der Waals surface area contributed by atoms with E-state index in [0.717, 1.165) is 11.1 Å². The van der Waals surface area contributed by atoms with E-state index in [4.69, 9.17) is 20.9 Å². The molecule has 0 aliphatic rings. The van der Waals surface area contributed by atoms with E-state index in [9.17, 15) is 4.79 Å². The number of carbonyl (C=O) groups is 1. The van der Waals surface area contributed by atoms with Gasteiger partial charge in [-0.15, -0.1) is 0 Å². The van der Waals surface area contributed by atoms with Gasteiger partial charge in [-0.05, 0) is 18.2 Å². The molecule has 2 aromatic heterocycles. The molecule has 0 N–H and O–H groups in total. The number of carbonyl (C=O) groups excluding carboxylic acids is 1. The molecule has 0 atom stereocenters. The molecule has 4 aromatic rings. The number of ether oxygens (including phenoxy) is 1. The van der Waals surface area contributed by atoms with Crippen LogP contribution < -0.4 is 0 Å². The van der Waals surface area contributed by atoms with Crippen LogP contribution in [0.5, 0.6) is 0 Å². The number of halogens is 1. The van der Waals surface area contributed by atoms with Crippen molar-refractivity contribution in [2.45, 2.75) is 0 Å². The van der Waals surface area contributed by atoms with Gasteiger partial charge in [0.15, 0.2) is 0 Å². The highest BCUT2D eigenvalue weighted by Crippen LogP contribution is 2.33. The maximum atomic E-state index is 12.4. The number of esters is 1. The summed E-state index contributed by atoms with van der Waals surface area (Å²) < 4.78 is 10.4. The zero-order valence-corrected chi connectivity index (χ0v) is 14.5. The average Bonchev–Trinajstić information content (AvgIpc) is 3.12. The first-order valence-electron chi connectivity index (χ1n) is 7.87. The molecule has 0 radical (unpaired) electrons. The van der Waals surface area contributed by atoms with Crippen molar-refractivity contribution >= 4 is 28.7 Å². The van der Waals surface area contributed by atoms with E-state index in [2.05, 4.69) is 10.1 Å². The Morgan fingerprint density at radius 1 is 1.04 bits per heavy atom. The minimum Gasteiger partial charge on any atom is -0.465 e. The smallest absolute Gasteiger partial charge is 0.338 e. The Labute approximate surface area is 154 Å². The van der Waals surface area contributed by atoms with Crippen LogP contribution in [0.3, 0.4) is 0 Å². The maximum Gasteiger partial charge on any atom is 0.338 e. The largest absolute Gasteiger partial charge is 0.465 e. The minimum absolute atomic E-state index is 0.275. The second-order valence-corrected chi connectivity index (χ2v) is 6.07. The Morgan fingerprint density at radius 2 is 1.77 bits per heavy atom. The Morgan fingerprint density at radius 3 is 2.46 bits per heavy atom. The van der Waals surface area contributed by atoms with Crippen LogP contribution in [-0.4, -0.2) is 23.2 Å². The van der Waals surface area contributed by atoms with Gasteiger partial charge in [0, 0.05) is 16.1 Å². The lowest BCUT2D eigenvalue weighted by Gasteiger charge is -2.06. The monoisotopic (exact) mass is 364 g/mol. The third-order valence-corrected chi connectivity index (χ3v) is 4.29. The molecule has 0 amide bonds. The van der Waals surface area contributed by atoms with E-state index in [0.29, 0.717) is 27.4 Å². The van der Waals surface area contributed by atoms with Crippen LogP contribution in [0.25, 0.3) is 33.6 Å². The van der Waals surface area contributed by atoms with Gasteiger partial charge < -0.3 is 9.26 Å². The quantitative estimate of drug-likeness (QED) is 0.479. The van der Waals surface area contributed by atoms with E-state index in [1.807, 2.05) is 42.5 Å². The number of hydrogen-bond donors (Lipinski definition) is 0. The summed E-state index contributed by atoms with van der Waals surface area (Å²) in [5.74, 6) is -0.479. The topological polar surface area (TPSA) is 65.2 Å². The molecule has 2 aromatic carbocycles. The number of methoxy groups -OCH3 is 1. The minimum atomic E-state index is -0.479. The molecule has 4 rings (SSSR count). The molecule has 0 aliphatic heterocycles. The van der Waals surface area contributed by atoms with Gasteiger partial charge in [0.2, 0.25) is 0 Å². The van der Waals surface area contributed by atoms with E-state index in [1.165, 1.54) is 7.11 Å². The van der Waals surface area contributed by atoms with Gasteiger partial charge in [-0.25, -0.2) is 9.78 Å². The lowest BCUT2D eigenvalue weighted by atomic mass is 10.0. The average molecular weight is 365 g/mol. The number of benzene rings is 2. The fraction of sp³-hybridized carbons (Fsp3) is 0.0500. The second-order valence-electron chi connectivity index (χ2n) is 5.63. The zero-order chi connectivity index (χ0) is 18.1. The number of pyridine rings is 1. The number of nitrogens with zero attached hydrogens (tertiary/aromatic N) is 2. The summed E-state index contributed by atoms with van der Waals surface area (Å²) in [6.07, 6.45) is 0. The van der Waals surface area contributed by atoms with Crippen molar-refractivity contribution in [2.75, 3.05) is 7.11 Å². The summed E-state index contributed by atoms with van der Waals surface area (Å²) in [6.45, 7) is 0. The summed E-state index contributed by atoms with van der Waals surface area (Å²) in [6, 6.07) is 18.3. The van der Waals surface area contributed by atoms with Gasteiger partial charge in [0.25, 0.3) is 5.71 Å². The molecule has 5 nitrogen and oxygen atoms in total. The van der Waals surface area contributed by atoms with Crippen molar-refractivity contribution in [3.8, 4) is 22.5 Å². The molecule has 128 valence electrons. The lowest BCUT2D eigenvalue weighted by molar-refractivity contribution is 0.0603. The van der Waals surface area contributed by atoms with Crippen LogP contribution in [0.15, 0.2) is 65.2 Å². The van der Waals surface area contributed by atoms with E-state index in [-0.39, 0.29) is 5.71 Å². The van der Waals surface area contributed by atoms with Gasteiger partial charge >= 0.3 is 5.97 Å². The zero-order valence-electron chi connectivity index (χ0n) is 13.8. The molecule has 26 heavy (non-hydrogen) atoms. The molecule has 0 saturated heterocycles. The number of hydrogen-bond acceptors (Lipinski definition) is 5. The Hall–Kier alpha value is -3.18. The second kappa shape index (κ2) is 6.61. The predicted molar refractivity (Wildman–Crippen MR) is 99.0 cm³/mol. The molecular weight excluding hydrogens is 352 g/mol. The predicted octanol–water partition coefficient (Wildman–Crippen LogP) is 5.00. The highest BCUT2D eigenvalue weighted by atomic mass is 35.5. The third kappa shape index (κ3) is 2.82. The normalized spacial score (nSPS) is 10.8. The third-order valence-electron chi connectivity index (χ3n) is 4.04. The van der Waals surface area contributed by atoms with Gasteiger partial charge in [0.1, 0.15) is 5.69 Å². The first-order chi connectivity index (χ1) is 12.7. The molecule has 0 spiro atoms. The summed E-state index contributed by atoms with van der Waals surface area (Å²) in [5.41, 5.74) is 3.39. The molecule has 0 unspecified atom stereocenters. The fourth-order valence-corrected chi connectivity index (χ4v) is 2.91. The van der Waals surface area contributed by atoms with Crippen molar-refractivity contribution in [2.24, 2.45) is 0 Å². The number of fused-ring (bicyclic) bond motifs is 1.